The maximum absolute atomic E-state index is 11.2. The monoisotopic (exact) mass is 212 g/mol. The van der Waals surface area contributed by atoms with E-state index in [4.69, 9.17) is 0 Å². The van der Waals surface area contributed by atoms with Crippen molar-refractivity contribution in [3.05, 3.63) is 23.5 Å². The van der Waals surface area contributed by atoms with E-state index in [0.717, 1.165) is 13.0 Å². The first-order chi connectivity index (χ1) is 6.81. The number of allylic oxidation sites excluding steroid dienone is 2. The van der Waals surface area contributed by atoms with Gasteiger partial charge in [0, 0.05) is 0 Å². The van der Waals surface area contributed by atoms with Crippen molar-refractivity contribution >= 4 is 11.6 Å². The smallest absolute Gasteiger partial charge is 0.209 e. The number of aliphatic hydroxyl groups excluding tert-OH is 2. The van der Waals surface area contributed by atoms with Crippen LogP contribution >= 0.6 is 0 Å². The van der Waals surface area contributed by atoms with Crippen molar-refractivity contribution in [1.82, 2.24) is 0 Å². The van der Waals surface area contributed by atoms with Crippen molar-refractivity contribution in [2.75, 3.05) is 0 Å². The molecule has 0 spiro atoms. The molecular weight excluding hydrogens is 200 g/mol. The molecule has 0 aliphatic heterocycles. The van der Waals surface area contributed by atoms with Crippen LogP contribution < -0.4 is 0 Å². The van der Waals surface area contributed by atoms with Crippen molar-refractivity contribution in [3.63, 3.8) is 0 Å². The summed E-state index contributed by atoms with van der Waals surface area (Å²) in [5.74, 6) is -2.11. The Kier molecular flexibility index (Phi) is 2.79. The van der Waals surface area contributed by atoms with Crippen LogP contribution in [-0.4, -0.2) is 38.6 Å². The molecule has 5 heteroatoms. The molecule has 5 nitrogen and oxygen atoms in total. The lowest BCUT2D eigenvalue weighted by atomic mass is 9.83. The molecule has 0 aromatic carbocycles. The number of aliphatic hydroxyl groups is 3. The normalized spacial score (nSPS) is 30.5. The standard InChI is InChI=1S/C10H12O5/c1-5(11)7-3-4-8(13)10(15,6(2)12)9(7)14/h3-4,8,13-15H,1-2H3. The van der Waals surface area contributed by atoms with Crippen LogP contribution in [0.1, 0.15) is 13.8 Å². The zero-order valence-corrected chi connectivity index (χ0v) is 8.39. The molecule has 0 saturated heterocycles. The molecule has 0 aromatic heterocycles. The second-order valence-electron chi connectivity index (χ2n) is 3.44. The number of carbonyl (C=O) groups excluding carboxylic acids is 2. The largest absolute Gasteiger partial charge is 0.508 e. The Labute approximate surface area is 86.3 Å². The molecule has 15 heavy (non-hydrogen) atoms. The average molecular weight is 212 g/mol. The van der Waals surface area contributed by atoms with E-state index in [0.29, 0.717) is 0 Å². The molecule has 0 fully saturated rings. The molecule has 0 amide bonds. The van der Waals surface area contributed by atoms with E-state index in [1.165, 1.54) is 13.0 Å². The Morgan fingerprint density at radius 3 is 2.33 bits per heavy atom. The van der Waals surface area contributed by atoms with Crippen molar-refractivity contribution in [3.8, 4) is 0 Å². The molecular formula is C10H12O5. The summed E-state index contributed by atoms with van der Waals surface area (Å²) in [5, 5.41) is 28.8. The van der Waals surface area contributed by atoms with E-state index in [9.17, 15) is 24.9 Å². The van der Waals surface area contributed by atoms with Gasteiger partial charge in [-0.25, -0.2) is 0 Å². The van der Waals surface area contributed by atoms with Crippen LogP contribution in [0, 0.1) is 0 Å². The first-order valence-corrected chi connectivity index (χ1v) is 4.36. The molecule has 2 atom stereocenters. The highest BCUT2D eigenvalue weighted by molar-refractivity contribution is 6.00. The third kappa shape index (κ3) is 1.60. The summed E-state index contributed by atoms with van der Waals surface area (Å²) in [6.45, 7) is 2.21. The summed E-state index contributed by atoms with van der Waals surface area (Å²) < 4.78 is 0. The summed E-state index contributed by atoms with van der Waals surface area (Å²) in [4.78, 5) is 22.2. The lowest BCUT2D eigenvalue weighted by molar-refractivity contribution is -0.143. The molecule has 0 aromatic rings. The minimum atomic E-state index is -2.41. The highest BCUT2D eigenvalue weighted by Gasteiger charge is 2.47. The van der Waals surface area contributed by atoms with Crippen LogP contribution in [-0.2, 0) is 9.59 Å². The van der Waals surface area contributed by atoms with Crippen LogP contribution in [0.25, 0.3) is 0 Å². The summed E-state index contributed by atoms with van der Waals surface area (Å²) in [5.41, 5.74) is -2.58. The molecule has 82 valence electrons. The summed E-state index contributed by atoms with van der Waals surface area (Å²) in [7, 11) is 0. The maximum Gasteiger partial charge on any atom is 0.209 e. The van der Waals surface area contributed by atoms with E-state index < -0.39 is 29.0 Å². The van der Waals surface area contributed by atoms with Gasteiger partial charge in [-0.05, 0) is 19.9 Å². The molecule has 0 saturated carbocycles. The predicted molar refractivity (Wildman–Crippen MR) is 51.1 cm³/mol. The number of Topliss-reactive ketones (excluding diaryl/α,β-unsaturated/α-hetero) is 2. The molecule has 0 heterocycles. The van der Waals surface area contributed by atoms with E-state index >= 15 is 0 Å². The van der Waals surface area contributed by atoms with E-state index in [-0.39, 0.29) is 5.57 Å². The third-order valence-corrected chi connectivity index (χ3v) is 2.41. The zero-order valence-electron chi connectivity index (χ0n) is 8.39. The van der Waals surface area contributed by atoms with Crippen LogP contribution in [0.3, 0.4) is 0 Å². The summed E-state index contributed by atoms with van der Waals surface area (Å²) >= 11 is 0. The van der Waals surface area contributed by atoms with Gasteiger partial charge in [0.15, 0.2) is 11.6 Å². The average Bonchev–Trinajstić information content (AvgIpc) is 2.13. The maximum atomic E-state index is 11.2. The Hall–Kier alpha value is -1.46. The minimum absolute atomic E-state index is 0.169. The first-order valence-electron chi connectivity index (χ1n) is 4.36. The fraction of sp³-hybridized carbons (Fsp3) is 0.400. The fourth-order valence-electron chi connectivity index (χ4n) is 1.41. The number of ketones is 2. The molecule has 1 rings (SSSR count). The molecule has 2 unspecified atom stereocenters. The van der Waals surface area contributed by atoms with Gasteiger partial charge in [-0.3, -0.25) is 9.59 Å². The fourth-order valence-corrected chi connectivity index (χ4v) is 1.41. The van der Waals surface area contributed by atoms with Crippen molar-refractivity contribution in [2.45, 2.75) is 25.6 Å². The highest BCUT2D eigenvalue weighted by Crippen LogP contribution is 2.29. The molecule has 3 N–H and O–H groups in total. The second-order valence-corrected chi connectivity index (χ2v) is 3.44. The van der Waals surface area contributed by atoms with Gasteiger partial charge in [0.2, 0.25) is 5.60 Å². The Balaban J connectivity index is 3.35. The lowest BCUT2D eigenvalue weighted by Gasteiger charge is -2.31. The third-order valence-electron chi connectivity index (χ3n) is 2.41. The molecule has 0 radical (unpaired) electrons. The van der Waals surface area contributed by atoms with Crippen LogP contribution in [0.2, 0.25) is 0 Å². The van der Waals surface area contributed by atoms with Gasteiger partial charge < -0.3 is 15.3 Å². The molecule has 1 aliphatic carbocycles. The predicted octanol–water partition coefficient (Wildman–Crippen LogP) is -0.362. The van der Waals surface area contributed by atoms with E-state index in [1.807, 2.05) is 0 Å². The Morgan fingerprint density at radius 2 is 1.93 bits per heavy atom. The van der Waals surface area contributed by atoms with E-state index in [1.54, 1.807) is 0 Å². The van der Waals surface area contributed by atoms with E-state index in [2.05, 4.69) is 0 Å². The Morgan fingerprint density at radius 1 is 1.40 bits per heavy atom. The minimum Gasteiger partial charge on any atom is -0.508 e. The first kappa shape index (κ1) is 11.6. The van der Waals surface area contributed by atoms with Crippen LogP contribution in [0.5, 0.6) is 0 Å². The molecule has 1 aliphatic rings. The highest BCUT2D eigenvalue weighted by atomic mass is 16.4. The number of carbonyl (C=O) groups is 2. The number of rotatable bonds is 2. The SMILES string of the molecule is CC(=O)C1=C(O)C(O)(C(C)=O)C(O)C=C1. The summed E-state index contributed by atoms with van der Waals surface area (Å²) in [6, 6.07) is 0. The van der Waals surface area contributed by atoms with Gasteiger partial charge >= 0.3 is 0 Å². The van der Waals surface area contributed by atoms with Crippen molar-refractivity contribution < 1.29 is 24.9 Å². The van der Waals surface area contributed by atoms with Crippen molar-refractivity contribution in [2.24, 2.45) is 0 Å². The number of hydrogen-bond donors (Lipinski definition) is 3. The zero-order chi connectivity index (χ0) is 11.8. The van der Waals surface area contributed by atoms with Crippen LogP contribution in [0.4, 0.5) is 0 Å². The summed E-state index contributed by atoms with van der Waals surface area (Å²) in [6.07, 6.45) is 0.732. The van der Waals surface area contributed by atoms with Crippen molar-refractivity contribution in [1.29, 1.82) is 0 Å². The number of hydrogen-bond acceptors (Lipinski definition) is 5. The van der Waals surface area contributed by atoms with Gasteiger partial charge in [0.25, 0.3) is 0 Å². The van der Waals surface area contributed by atoms with Gasteiger partial charge in [-0.2, -0.15) is 0 Å². The quantitative estimate of drug-likeness (QED) is 0.581. The molecule has 0 bridgehead atoms. The van der Waals surface area contributed by atoms with Gasteiger partial charge in [0.05, 0.1) is 5.57 Å². The second kappa shape index (κ2) is 3.60. The lowest BCUT2D eigenvalue weighted by Crippen LogP contribution is -2.51. The topological polar surface area (TPSA) is 94.8 Å². The Bertz CT molecular complexity index is 379. The van der Waals surface area contributed by atoms with Gasteiger partial charge in [-0.1, -0.05) is 6.08 Å². The van der Waals surface area contributed by atoms with Gasteiger partial charge in [0.1, 0.15) is 11.9 Å². The van der Waals surface area contributed by atoms with Crippen LogP contribution in [0.15, 0.2) is 23.5 Å². The van der Waals surface area contributed by atoms with Gasteiger partial charge in [-0.15, -0.1) is 0 Å².